The lowest BCUT2D eigenvalue weighted by atomic mass is 9.99. The molecule has 1 aliphatic heterocycles. The molecule has 0 aliphatic carbocycles. The van der Waals surface area contributed by atoms with Crippen LogP contribution in [0.1, 0.15) is 17.3 Å². The van der Waals surface area contributed by atoms with E-state index in [4.69, 9.17) is 13.9 Å². The number of rotatable bonds is 1. The summed E-state index contributed by atoms with van der Waals surface area (Å²) < 4.78 is 16.0. The van der Waals surface area contributed by atoms with Crippen molar-refractivity contribution in [1.82, 2.24) is 0 Å². The molecule has 1 N–H and O–H groups in total. The largest absolute Gasteiger partial charge is 0.508 e. The highest BCUT2D eigenvalue weighted by molar-refractivity contribution is 6.18. The highest BCUT2D eigenvalue weighted by atomic mass is 16.7. The first-order chi connectivity index (χ1) is 10.6. The summed E-state index contributed by atoms with van der Waals surface area (Å²) in [6.07, 6.45) is 0. The second kappa shape index (κ2) is 4.24. The molecule has 0 atom stereocenters. The molecular weight excluding hydrogens is 288 g/mol. The molecule has 2 heterocycles. The zero-order valence-corrected chi connectivity index (χ0v) is 11.5. The second-order valence-electron chi connectivity index (χ2n) is 5.03. The number of fused-ring (bicyclic) bond motifs is 5. The fourth-order valence-electron chi connectivity index (χ4n) is 2.76. The lowest BCUT2D eigenvalue weighted by molar-refractivity contribution is 0.101. The molecule has 2 aromatic carbocycles. The number of phenols is 1. The van der Waals surface area contributed by atoms with Crippen LogP contribution in [-0.4, -0.2) is 17.7 Å². The van der Waals surface area contributed by atoms with E-state index in [1.165, 1.54) is 19.1 Å². The van der Waals surface area contributed by atoms with Crippen molar-refractivity contribution in [2.45, 2.75) is 6.92 Å². The minimum atomic E-state index is -0.569. The van der Waals surface area contributed by atoms with E-state index in [9.17, 15) is 14.7 Å². The number of hydrogen-bond donors (Lipinski definition) is 1. The van der Waals surface area contributed by atoms with E-state index < -0.39 is 5.63 Å². The molecule has 0 bridgehead atoms. The van der Waals surface area contributed by atoms with Crippen molar-refractivity contribution in [1.29, 1.82) is 0 Å². The minimum absolute atomic E-state index is 0.0453. The van der Waals surface area contributed by atoms with E-state index in [-0.39, 0.29) is 29.5 Å². The Balaban J connectivity index is 2.34. The summed E-state index contributed by atoms with van der Waals surface area (Å²) in [6, 6.07) is 5.85. The summed E-state index contributed by atoms with van der Waals surface area (Å²) in [7, 11) is 0. The minimum Gasteiger partial charge on any atom is -0.508 e. The Hall–Kier alpha value is -3.02. The van der Waals surface area contributed by atoms with Crippen molar-refractivity contribution in [3.05, 3.63) is 40.2 Å². The predicted molar refractivity (Wildman–Crippen MR) is 77.8 cm³/mol. The molecular formula is C16H10O6. The lowest BCUT2D eigenvalue weighted by Gasteiger charge is -2.09. The summed E-state index contributed by atoms with van der Waals surface area (Å²) in [5.41, 5.74) is -0.180. The van der Waals surface area contributed by atoms with E-state index in [1.54, 1.807) is 12.1 Å². The number of phenolic OH excluding ortho intramolecular Hbond substituents is 1. The zero-order chi connectivity index (χ0) is 15.4. The van der Waals surface area contributed by atoms with Crippen LogP contribution in [0, 0.1) is 0 Å². The standard InChI is InChI=1S/C16H10O6/c1-7(17)10-4-8(18)5-12-13(10)14-9(16(19)22-12)2-3-11-15(14)21-6-20-11/h2-5,18H,6H2,1H3. The van der Waals surface area contributed by atoms with E-state index >= 15 is 0 Å². The first-order valence-corrected chi connectivity index (χ1v) is 6.59. The maximum Gasteiger partial charge on any atom is 0.344 e. The van der Waals surface area contributed by atoms with Crippen LogP contribution in [0.25, 0.3) is 21.7 Å². The van der Waals surface area contributed by atoms with Crippen LogP contribution >= 0.6 is 0 Å². The number of hydrogen-bond acceptors (Lipinski definition) is 6. The van der Waals surface area contributed by atoms with Gasteiger partial charge in [0.1, 0.15) is 11.3 Å². The van der Waals surface area contributed by atoms with E-state index in [0.717, 1.165) is 0 Å². The number of aromatic hydroxyl groups is 1. The van der Waals surface area contributed by atoms with Gasteiger partial charge in [-0.15, -0.1) is 0 Å². The Morgan fingerprint density at radius 1 is 1.18 bits per heavy atom. The van der Waals surface area contributed by atoms with Gasteiger partial charge in [-0.1, -0.05) is 0 Å². The van der Waals surface area contributed by atoms with Gasteiger partial charge in [-0.05, 0) is 25.1 Å². The summed E-state index contributed by atoms with van der Waals surface area (Å²) in [5, 5.41) is 10.9. The Kier molecular flexibility index (Phi) is 2.45. The van der Waals surface area contributed by atoms with Gasteiger partial charge in [0.25, 0.3) is 0 Å². The SMILES string of the molecule is CC(=O)c1cc(O)cc2oc(=O)c3ccc4c(c3c12)OCO4. The first kappa shape index (κ1) is 12.7. The van der Waals surface area contributed by atoms with Crippen LogP contribution in [0.15, 0.2) is 33.5 Å². The van der Waals surface area contributed by atoms with Crippen LogP contribution in [0.2, 0.25) is 0 Å². The average Bonchev–Trinajstić information content (AvgIpc) is 2.94. The molecule has 0 saturated carbocycles. The summed E-state index contributed by atoms with van der Waals surface area (Å²) >= 11 is 0. The van der Waals surface area contributed by atoms with Crippen molar-refractivity contribution in [2.75, 3.05) is 6.79 Å². The van der Waals surface area contributed by atoms with Gasteiger partial charge in [0.2, 0.25) is 6.79 Å². The highest BCUT2D eigenvalue weighted by Crippen LogP contribution is 2.43. The smallest absolute Gasteiger partial charge is 0.344 e. The number of Topliss-reactive ketones (excluding diaryl/α,β-unsaturated/α-hetero) is 1. The quantitative estimate of drug-likeness (QED) is 0.422. The maximum atomic E-state index is 12.2. The van der Waals surface area contributed by atoms with Gasteiger partial charge < -0.3 is 19.0 Å². The van der Waals surface area contributed by atoms with Crippen LogP contribution in [0.3, 0.4) is 0 Å². The number of ether oxygens (including phenoxy) is 2. The third kappa shape index (κ3) is 1.60. The van der Waals surface area contributed by atoms with Crippen LogP contribution in [0.5, 0.6) is 17.2 Å². The predicted octanol–water partition coefficient (Wildman–Crippen LogP) is 2.58. The fraction of sp³-hybridized carbons (Fsp3) is 0.125. The summed E-state index contributed by atoms with van der Waals surface area (Å²) in [5.74, 6) is 0.503. The lowest BCUT2D eigenvalue weighted by Crippen LogP contribution is -2.03. The number of carbonyl (C=O) groups excluding carboxylic acids is 1. The Morgan fingerprint density at radius 2 is 2.00 bits per heavy atom. The van der Waals surface area contributed by atoms with Gasteiger partial charge in [0.05, 0.1) is 5.39 Å². The van der Waals surface area contributed by atoms with E-state index in [0.29, 0.717) is 27.7 Å². The third-order valence-electron chi connectivity index (χ3n) is 3.68. The molecule has 0 radical (unpaired) electrons. The fourth-order valence-corrected chi connectivity index (χ4v) is 2.76. The third-order valence-corrected chi connectivity index (χ3v) is 3.68. The molecule has 110 valence electrons. The number of carbonyl (C=O) groups is 1. The van der Waals surface area contributed by atoms with Crippen molar-refractivity contribution < 1.29 is 23.8 Å². The van der Waals surface area contributed by atoms with Crippen LogP contribution in [0.4, 0.5) is 0 Å². The molecule has 22 heavy (non-hydrogen) atoms. The van der Waals surface area contributed by atoms with Crippen molar-refractivity contribution in [2.24, 2.45) is 0 Å². The molecule has 6 nitrogen and oxygen atoms in total. The monoisotopic (exact) mass is 298 g/mol. The van der Waals surface area contributed by atoms with Crippen molar-refractivity contribution in [3.63, 3.8) is 0 Å². The average molecular weight is 298 g/mol. The molecule has 1 aromatic heterocycles. The molecule has 1 aliphatic rings. The molecule has 0 fully saturated rings. The van der Waals surface area contributed by atoms with E-state index in [1.807, 2.05) is 0 Å². The Morgan fingerprint density at radius 3 is 2.77 bits per heavy atom. The van der Waals surface area contributed by atoms with E-state index in [2.05, 4.69) is 0 Å². The van der Waals surface area contributed by atoms with Gasteiger partial charge in [0, 0.05) is 22.4 Å². The summed E-state index contributed by atoms with van der Waals surface area (Å²) in [4.78, 5) is 24.1. The van der Waals surface area contributed by atoms with Gasteiger partial charge in [-0.25, -0.2) is 4.79 Å². The summed E-state index contributed by atoms with van der Waals surface area (Å²) in [6.45, 7) is 1.43. The van der Waals surface area contributed by atoms with Crippen molar-refractivity contribution in [3.8, 4) is 17.2 Å². The molecule has 3 aromatic rings. The molecule has 0 unspecified atom stereocenters. The zero-order valence-electron chi connectivity index (χ0n) is 11.5. The first-order valence-electron chi connectivity index (χ1n) is 6.59. The van der Waals surface area contributed by atoms with Gasteiger partial charge in [0.15, 0.2) is 17.3 Å². The maximum absolute atomic E-state index is 12.2. The molecule has 0 spiro atoms. The van der Waals surface area contributed by atoms with Gasteiger partial charge in [-0.3, -0.25) is 4.79 Å². The van der Waals surface area contributed by atoms with Crippen LogP contribution in [-0.2, 0) is 0 Å². The van der Waals surface area contributed by atoms with Crippen molar-refractivity contribution >= 4 is 27.5 Å². The Labute approximate surface area is 123 Å². The molecule has 6 heteroatoms. The molecule has 4 rings (SSSR count). The second-order valence-corrected chi connectivity index (χ2v) is 5.03. The molecule has 0 amide bonds. The Bertz CT molecular complexity index is 1010. The normalized spacial score (nSPS) is 13.0. The van der Waals surface area contributed by atoms with Gasteiger partial charge >= 0.3 is 5.63 Å². The number of benzene rings is 2. The molecule has 0 saturated heterocycles. The number of ketones is 1. The topological polar surface area (TPSA) is 86.0 Å². The van der Waals surface area contributed by atoms with Gasteiger partial charge in [-0.2, -0.15) is 0 Å². The highest BCUT2D eigenvalue weighted by Gasteiger charge is 2.23. The van der Waals surface area contributed by atoms with Crippen LogP contribution < -0.4 is 15.1 Å².